The number of ether oxygens (including phenoxy) is 1. The van der Waals surface area contributed by atoms with E-state index in [1.807, 2.05) is 6.07 Å². The van der Waals surface area contributed by atoms with E-state index in [2.05, 4.69) is 15.3 Å². The van der Waals surface area contributed by atoms with Crippen LogP contribution in [0.1, 0.15) is 19.3 Å². The van der Waals surface area contributed by atoms with Crippen molar-refractivity contribution in [3.63, 3.8) is 0 Å². The predicted octanol–water partition coefficient (Wildman–Crippen LogP) is 3.01. The highest BCUT2D eigenvalue weighted by Gasteiger charge is 2.43. The second kappa shape index (κ2) is 8.31. The molecule has 0 aliphatic carbocycles. The Morgan fingerprint density at radius 1 is 1.06 bits per heavy atom. The largest absolute Gasteiger partial charge is 0.474 e. The van der Waals surface area contributed by atoms with Gasteiger partial charge >= 0.3 is 0 Å². The molecule has 2 saturated heterocycles. The molecular weight excluding hydrogens is 453 g/mol. The number of carbonyl (C=O) groups is 2. The van der Waals surface area contributed by atoms with Gasteiger partial charge in [-0.05, 0) is 42.3 Å². The third-order valence-electron chi connectivity index (χ3n) is 6.57. The van der Waals surface area contributed by atoms with E-state index in [-0.39, 0.29) is 17.9 Å². The molecule has 2 fully saturated rings. The Balaban J connectivity index is 1.20. The number of anilines is 4. The van der Waals surface area contributed by atoms with Crippen molar-refractivity contribution in [2.24, 2.45) is 0 Å². The van der Waals surface area contributed by atoms with Crippen LogP contribution in [0, 0.1) is 5.82 Å². The molecule has 2 aromatic heterocycles. The number of benzene rings is 1. The number of nitrogens with one attached hydrogen (secondary N) is 1. The lowest BCUT2D eigenvalue weighted by molar-refractivity contribution is -0.124. The molecule has 2 amide bonds. The quantitative estimate of drug-likeness (QED) is 0.597. The molecule has 1 unspecified atom stereocenters. The first kappa shape index (κ1) is 21.5. The summed E-state index contributed by atoms with van der Waals surface area (Å²) in [5.41, 5.74) is 2.80. The van der Waals surface area contributed by atoms with Gasteiger partial charge in [0, 0.05) is 31.1 Å². The van der Waals surface area contributed by atoms with Gasteiger partial charge in [0.15, 0.2) is 0 Å². The van der Waals surface area contributed by atoms with Crippen molar-refractivity contribution in [3.05, 3.63) is 54.6 Å². The highest BCUT2D eigenvalue weighted by molar-refractivity contribution is 6.01. The van der Waals surface area contributed by atoms with Crippen molar-refractivity contribution >= 4 is 34.7 Å². The van der Waals surface area contributed by atoms with Crippen molar-refractivity contribution in [2.45, 2.75) is 31.4 Å². The number of nitrogens with zero attached hydrogens (tertiary/aromatic N) is 4. The lowest BCUT2D eigenvalue weighted by Crippen LogP contribution is -2.41. The van der Waals surface area contributed by atoms with E-state index in [1.54, 1.807) is 41.6 Å². The van der Waals surface area contributed by atoms with Gasteiger partial charge in [0.1, 0.15) is 30.0 Å². The first-order chi connectivity index (χ1) is 17.0. The zero-order chi connectivity index (χ0) is 24.1. The third kappa shape index (κ3) is 3.75. The highest BCUT2D eigenvalue weighted by Crippen LogP contribution is 2.39. The maximum atomic E-state index is 14.7. The molecular formula is C25H22FN5O4. The minimum atomic E-state index is -1.03. The van der Waals surface area contributed by atoms with Crippen LogP contribution in [0.2, 0.25) is 0 Å². The summed E-state index contributed by atoms with van der Waals surface area (Å²) in [6.45, 7) is 0.836. The molecule has 0 spiro atoms. The molecule has 178 valence electrons. The number of aliphatic hydroxyl groups excluding tert-OH is 1. The first-order valence-corrected chi connectivity index (χ1v) is 11.5. The van der Waals surface area contributed by atoms with Crippen molar-refractivity contribution in [1.82, 2.24) is 9.97 Å². The maximum absolute atomic E-state index is 14.7. The van der Waals surface area contributed by atoms with E-state index in [4.69, 9.17) is 4.74 Å². The van der Waals surface area contributed by atoms with Crippen LogP contribution in [0.15, 0.2) is 48.8 Å². The average molecular weight is 475 g/mol. The van der Waals surface area contributed by atoms with Gasteiger partial charge < -0.3 is 20.1 Å². The van der Waals surface area contributed by atoms with E-state index in [0.29, 0.717) is 60.3 Å². The first-order valence-electron chi connectivity index (χ1n) is 11.5. The zero-order valence-electron chi connectivity index (χ0n) is 18.6. The Morgan fingerprint density at radius 3 is 2.66 bits per heavy atom. The predicted molar refractivity (Wildman–Crippen MR) is 126 cm³/mol. The molecule has 5 heterocycles. The molecule has 0 bridgehead atoms. The lowest BCUT2D eigenvalue weighted by Gasteiger charge is -2.31. The number of halogens is 1. The van der Waals surface area contributed by atoms with Crippen molar-refractivity contribution < 1.29 is 23.8 Å². The van der Waals surface area contributed by atoms with E-state index in [9.17, 15) is 19.1 Å². The standard InChI is InChI=1S/C25H22FN5O4/c26-18-8-14(3-5-19(18)30-7-1-2-23(30)33)15-4-6-22(27-11-15)29-16-9-20-24(28-12-16)35-13-17-10-21(32)25(34)31(17)20/h3-6,8-9,11-12,17,21,32H,1-2,7,10,13H2,(H,27,29)/t17-,21?/m0/s1. The summed E-state index contributed by atoms with van der Waals surface area (Å²) in [5.74, 6) is 0.0308. The van der Waals surface area contributed by atoms with Crippen LogP contribution in [0.4, 0.5) is 27.3 Å². The number of hydrogen-bond acceptors (Lipinski definition) is 7. The van der Waals surface area contributed by atoms with Crippen LogP contribution in [-0.2, 0) is 9.59 Å². The second-order valence-electron chi connectivity index (χ2n) is 8.85. The van der Waals surface area contributed by atoms with Gasteiger partial charge in [0.05, 0.1) is 23.6 Å². The molecule has 3 aliphatic heterocycles. The van der Waals surface area contributed by atoms with Gasteiger partial charge in [0.2, 0.25) is 11.8 Å². The summed E-state index contributed by atoms with van der Waals surface area (Å²) < 4.78 is 20.4. The van der Waals surface area contributed by atoms with E-state index < -0.39 is 11.9 Å². The lowest BCUT2D eigenvalue weighted by atomic mass is 10.1. The molecule has 6 rings (SSSR count). The molecule has 9 nitrogen and oxygen atoms in total. The summed E-state index contributed by atoms with van der Waals surface area (Å²) in [6, 6.07) is 9.92. The monoisotopic (exact) mass is 475 g/mol. The molecule has 3 aromatic rings. The van der Waals surface area contributed by atoms with Crippen LogP contribution in [0.25, 0.3) is 11.1 Å². The molecule has 2 atom stereocenters. The summed E-state index contributed by atoms with van der Waals surface area (Å²) in [4.78, 5) is 36.1. The normalized spacial score (nSPS) is 21.1. The Bertz CT molecular complexity index is 1330. The topological polar surface area (TPSA) is 108 Å². The zero-order valence-corrected chi connectivity index (χ0v) is 18.6. The van der Waals surface area contributed by atoms with Gasteiger partial charge in [-0.15, -0.1) is 0 Å². The molecule has 2 N–H and O–H groups in total. The molecule has 0 radical (unpaired) electrons. The van der Waals surface area contributed by atoms with Gasteiger partial charge in [-0.1, -0.05) is 6.07 Å². The summed E-state index contributed by atoms with van der Waals surface area (Å²) in [7, 11) is 0. The van der Waals surface area contributed by atoms with Gasteiger partial charge in [0.25, 0.3) is 5.91 Å². The Kier molecular flexibility index (Phi) is 5.10. The number of carbonyl (C=O) groups excluding carboxylic acids is 2. The van der Waals surface area contributed by atoms with E-state index in [0.717, 1.165) is 12.0 Å². The number of rotatable bonds is 4. The fourth-order valence-electron chi connectivity index (χ4n) is 4.82. The summed E-state index contributed by atoms with van der Waals surface area (Å²) in [5, 5.41) is 13.1. The van der Waals surface area contributed by atoms with Crippen molar-refractivity contribution in [3.8, 4) is 17.0 Å². The Hall–Kier alpha value is -4.05. The number of aliphatic hydroxyl groups is 1. The SMILES string of the molecule is O=C1CCCN1c1ccc(-c2ccc(Nc3cnc4c(c3)N3C(=O)C(O)C[C@H]3CO4)nc2)cc1F. The molecule has 10 heteroatoms. The smallest absolute Gasteiger partial charge is 0.256 e. The molecule has 1 aromatic carbocycles. The molecule has 0 saturated carbocycles. The third-order valence-corrected chi connectivity index (χ3v) is 6.57. The van der Waals surface area contributed by atoms with Crippen LogP contribution >= 0.6 is 0 Å². The second-order valence-corrected chi connectivity index (χ2v) is 8.85. The summed E-state index contributed by atoms with van der Waals surface area (Å²) >= 11 is 0. The van der Waals surface area contributed by atoms with Crippen molar-refractivity contribution in [1.29, 1.82) is 0 Å². The number of fused-ring (bicyclic) bond motifs is 3. The minimum Gasteiger partial charge on any atom is -0.474 e. The number of amides is 2. The number of aromatic nitrogens is 2. The van der Waals surface area contributed by atoms with E-state index in [1.165, 1.54) is 11.0 Å². The van der Waals surface area contributed by atoms with Gasteiger partial charge in [-0.2, -0.15) is 0 Å². The van der Waals surface area contributed by atoms with Crippen LogP contribution < -0.4 is 19.9 Å². The Morgan fingerprint density at radius 2 is 1.91 bits per heavy atom. The minimum absolute atomic E-state index is 0.0576. The van der Waals surface area contributed by atoms with Crippen molar-refractivity contribution in [2.75, 3.05) is 28.3 Å². The molecule has 35 heavy (non-hydrogen) atoms. The van der Waals surface area contributed by atoms with E-state index >= 15 is 0 Å². The van der Waals surface area contributed by atoms with Crippen LogP contribution in [-0.4, -0.2) is 52.2 Å². The number of pyridine rings is 2. The maximum Gasteiger partial charge on any atom is 0.256 e. The van der Waals surface area contributed by atoms with Gasteiger partial charge in [-0.25, -0.2) is 14.4 Å². The molecule has 3 aliphatic rings. The van der Waals surface area contributed by atoms with Gasteiger partial charge in [-0.3, -0.25) is 14.5 Å². The summed E-state index contributed by atoms with van der Waals surface area (Å²) in [6.07, 6.45) is 3.69. The van der Waals surface area contributed by atoms with Crippen LogP contribution in [0.5, 0.6) is 5.88 Å². The average Bonchev–Trinajstić information content (AvgIpc) is 3.41. The fraction of sp³-hybridized carbons (Fsp3) is 0.280. The fourth-order valence-corrected chi connectivity index (χ4v) is 4.82. The Labute approximate surface area is 200 Å². The highest BCUT2D eigenvalue weighted by atomic mass is 19.1. The van der Waals surface area contributed by atoms with Crippen LogP contribution in [0.3, 0.4) is 0 Å². The number of hydrogen-bond donors (Lipinski definition) is 2.